The summed E-state index contributed by atoms with van der Waals surface area (Å²) in [5.41, 5.74) is -0.527. The SMILES string of the molecule is Cc1cc(-c2cccc(C(F)(F)F)c2)n2nc(C(F)(F)F)nc2n1. The molecule has 2 aromatic heterocycles. The molecule has 0 radical (unpaired) electrons. The fraction of sp³-hybridized carbons (Fsp3) is 0.214. The van der Waals surface area contributed by atoms with Crippen LogP contribution in [0.3, 0.4) is 0 Å². The van der Waals surface area contributed by atoms with Crippen LogP contribution in [0.5, 0.6) is 0 Å². The van der Waals surface area contributed by atoms with E-state index < -0.39 is 23.7 Å². The molecule has 0 atom stereocenters. The van der Waals surface area contributed by atoms with Gasteiger partial charge in [-0.05, 0) is 25.1 Å². The number of hydrogen-bond acceptors (Lipinski definition) is 3. The van der Waals surface area contributed by atoms with Gasteiger partial charge in [0, 0.05) is 11.3 Å². The molecule has 0 aliphatic heterocycles. The van der Waals surface area contributed by atoms with E-state index >= 15 is 0 Å². The lowest BCUT2D eigenvalue weighted by molar-refractivity contribution is -0.144. The Bertz CT molecular complexity index is 910. The zero-order valence-corrected chi connectivity index (χ0v) is 11.9. The normalized spacial score (nSPS) is 12.8. The van der Waals surface area contributed by atoms with Gasteiger partial charge in [0.2, 0.25) is 0 Å². The van der Waals surface area contributed by atoms with E-state index in [1.54, 1.807) is 0 Å². The number of fused-ring (bicyclic) bond motifs is 1. The summed E-state index contributed by atoms with van der Waals surface area (Å²) in [6, 6.07) is 5.57. The molecule has 10 heteroatoms. The molecule has 0 N–H and O–H groups in total. The monoisotopic (exact) mass is 346 g/mol. The fourth-order valence-corrected chi connectivity index (χ4v) is 2.17. The molecule has 24 heavy (non-hydrogen) atoms. The molecule has 1 aromatic carbocycles. The van der Waals surface area contributed by atoms with Crippen LogP contribution in [-0.2, 0) is 12.4 Å². The fourth-order valence-electron chi connectivity index (χ4n) is 2.17. The van der Waals surface area contributed by atoms with Gasteiger partial charge >= 0.3 is 12.4 Å². The first-order valence-electron chi connectivity index (χ1n) is 6.55. The van der Waals surface area contributed by atoms with E-state index in [-0.39, 0.29) is 17.0 Å². The van der Waals surface area contributed by atoms with Gasteiger partial charge in [-0.3, -0.25) is 0 Å². The van der Waals surface area contributed by atoms with Crippen LogP contribution < -0.4 is 0 Å². The topological polar surface area (TPSA) is 43.1 Å². The Labute approximate surface area is 130 Å². The third kappa shape index (κ3) is 2.91. The van der Waals surface area contributed by atoms with Crippen LogP contribution in [0.1, 0.15) is 17.1 Å². The summed E-state index contributed by atoms with van der Waals surface area (Å²) in [7, 11) is 0. The molecule has 0 aliphatic carbocycles. The molecule has 0 saturated heterocycles. The zero-order chi connectivity index (χ0) is 17.7. The summed E-state index contributed by atoms with van der Waals surface area (Å²) < 4.78 is 77.6. The summed E-state index contributed by atoms with van der Waals surface area (Å²) >= 11 is 0. The number of hydrogen-bond donors (Lipinski definition) is 0. The number of halogens is 6. The van der Waals surface area contributed by atoms with Gasteiger partial charge in [-0.25, -0.2) is 4.98 Å². The summed E-state index contributed by atoms with van der Waals surface area (Å²) in [4.78, 5) is 7.13. The highest BCUT2D eigenvalue weighted by atomic mass is 19.4. The Morgan fingerprint density at radius 2 is 1.62 bits per heavy atom. The average Bonchev–Trinajstić information content (AvgIpc) is 2.89. The summed E-state index contributed by atoms with van der Waals surface area (Å²) in [6.45, 7) is 1.50. The highest BCUT2D eigenvalue weighted by Gasteiger charge is 2.37. The van der Waals surface area contributed by atoms with E-state index in [1.165, 1.54) is 25.1 Å². The molecule has 0 aliphatic rings. The Morgan fingerprint density at radius 3 is 2.25 bits per heavy atom. The van der Waals surface area contributed by atoms with Gasteiger partial charge in [0.05, 0.1) is 11.3 Å². The van der Waals surface area contributed by atoms with Crippen LogP contribution in [0.4, 0.5) is 26.3 Å². The zero-order valence-electron chi connectivity index (χ0n) is 11.9. The van der Waals surface area contributed by atoms with Gasteiger partial charge in [-0.15, -0.1) is 5.10 Å². The third-order valence-corrected chi connectivity index (χ3v) is 3.18. The first kappa shape index (κ1) is 16.2. The standard InChI is InChI=1S/C14H8F6N4/c1-7-5-10(8-3-2-4-9(6-8)13(15,16)17)24-12(21-7)22-11(23-24)14(18,19)20/h2-6H,1H3. The van der Waals surface area contributed by atoms with E-state index in [2.05, 4.69) is 15.1 Å². The van der Waals surface area contributed by atoms with Crippen LogP contribution in [0.2, 0.25) is 0 Å². The van der Waals surface area contributed by atoms with Crippen molar-refractivity contribution in [3.8, 4) is 11.3 Å². The van der Waals surface area contributed by atoms with Crippen molar-refractivity contribution in [1.82, 2.24) is 19.6 Å². The number of aryl methyl sites for hydroxylation is 1. The van der Waals surface area contributed by atoms with Gasteiger partial charge < -0.3 is 0 Å². The van der Waals surface area contributed by atoms with Crippen LogP contribution in [0.15, 0.2) is 30.3 Å². The number of aromatic nitrogens is 4. The van der Waals surface area contributed by atoms with E-state index in [0.29, 0.717) is 5.69 Å². The lowest BCUT2D eigenvalue weighted by Crippen LogP contribution is -2.08. The Kier molecular flexibility index (Phi) is 3.50. The van der Waals surface area contributed by atoms with Crippen molar-refractivity contribution < 1.29 is 26.3 Å². The minimum absolute atomic E-state index is 0.0339. The second-order valence-corrected chi connectivity index (χ2v) is 5.01. The maximum atomic E-state index is 12.8. The quantitative estimate of drug-likeness (QED) is 0.622. The van der Waals surface area contributed by atoms with Gasteiger partial charge in [0.1, 0.15) is 0 Å². The van der Waals surface area contributed by atoms with Crippen molar-refractivity contribution in [2.75, 3.05) is 0 Å². The van der Waals surface area contributed by atoms with Gasteiger partial charge in [-0.1, -0.05) is 12.1 Å². The number of alkyl halides is 6. The van der Waals surface area contributed by atoms with E-state index in [1.807, 2.05) is 0 Å². The maximum absolute atomic E-state index is 12.8. The van der Waals surface area contributed by atoms with Crippen molar-refractivity contribution in [3.05, 3.63) is 47.4 Å². The minimum atomic E-state index is -4.79. The lowest BCUT2D eigenvalue weighted by Gasteiger charge is -2.10. The molecule has 0 amide bonds. The summed E-state index contributed by atoms with van der Waals surface area (Å²) in [5.74, 6) is -1.75. The van der Waals surface area contributed by atoms with Gasteiger partial charge in [0.15, 0.2) is 0 Å². The molecule has 3 rings (SSSR count). The average molecular weight is 346 g/mol. The molecule has 126 valence electrons. The first-order chi connectivity index (χ1) is 11.1. The highest BCUT2D eigenvalue weighted by molar-refractivity contribution is 5.63. The van der Waals surface area contributed by atoms with E-state index in [0.717, 1.165) is 16.6 Å². The van der Waals surface area contributed by atoms with Crippen molar-refractivity contribution in [2.24, 2.45) is 0 Å². The Morgan fingerprint density at radius 1 is 0.917 bits per heavy atom. The van der Waals surface area contributed by atoms with Crippen LogP contribution in [0, 0.1) is 6.92 Å². The summed E-state index contributed by atoms with van der Waals surface area (Å²) in [5, 5.41) is 3.33. The van der Waals surface area contributed by atoms with Crippen LogP contribution in [0.25, 0.3) is 17.0 Å². The predicted molar refractivity (Wildman–Crippen MR) is 71.0 cm³/mol. The van der Waals surface area contributed by atoms with Crippen LogP contribution >= 0.6 is 0 Å². The number of benzene rings is 1. The molecule has 2 heterocycles. The number of nitrogens with zero attached hydrogens (tertiary/aromatic N) is 4. The van der Waals surface area contributed by atoms with Crippen molar-refractivity contribution >= 4 is 5.78 Å². The molecule has 0 bridgehead atoms. The Balaban J connectivity index is 2.24. The molecule has 0 unspecified atom stereocenters. The Hall–Kier alpha value is -2.65. The van der Waals surface area contributed by atoms with Crippen molar-refractivity contribution in [1.29, 1.82) is 0 Å². The van der Waals surface area contributed by atoms with Gasteiger partial charge in [0.25, 0.3) is 11.6 Å². The molecule has 0 spiro atoms. The van der Waals surface area contributed by atoms with E-state index in [4.69, 9.17) is 0 Å². The lowest BCUT2D eigenvalue weighted by atomic mass is 10.1. The van der Waals surface area contributed by atoms with Gasteiger partial charge in [-0.2, -0.15) is 35.8 Å². The predicted octanol–water partition coefficient (Wildman–Crippen LogP) is 4.14. The molecule has 0 fully saturated rings. The maximum Gasteiger partial charge on any atom is 0.453 e. The number of rotatable bonds is 1. The second-order valence-electron chi connectivity index (χ2n) is 5.01. The molecular weight excluding hydrogens is 338 g/mol. The first-order valence-corrected chi connectivity index (χ1v) is 6.55. The molecule has 0 saturated carbocycles. The smallest absolute Gasteiger partial charge is 0.216 e. The van der Waals surface area contributed by atoms with E-state index in [9.17, 15) is 26.3 Å². The summed E-state index contributed by atoms with van der Waals surface area (Å²) in [6.07, 6.45) is -9.36. The second kappa shape index (κ2) is 5.18. The third-order valence-electron chi connectivity index (χ3n) is 3.18. The molecular formula is C14H8F6N4. The largest absolute Gasteiger partial charge is 0.453 e. The minimum Gasteiger partial charge on any atom is -0.216 e. The highest BCUT2D eigenvalue weighted by Crippen LogP contribution is 2.33. The van der Waals surface area contributed by atoms with Crippen molar-refractivity contribution in [2.45, 2.75) is 19.3 Å². The molecule has 3 aromatic rings. The molecule has 4 nitrogen and oxygen atoms in total. The van der Waals surface area contributed by atoms with Crippen molar-refractivity contribution in [3.63, 3.8) is 0 Å². The van der Waals surface area contributed by atoms with Crippen LogP contribution in [-0.4, -0.2) is 19.6 Å².